The molecule has 1 aromatic heterocycles. The van der Waals surface area contributed by atoms with E-state index in [0.717, 1.165) is 23.8 Å². The number of non-ortho nitro benzene ring substituents is 1. The molecule has 22 heavy (non-hydrogen) atoms. The summed E-state index contributed by atoms with van der Waals surface area (Å²) in [7, 11) is 1.10. The van der Waals surface area contributed by atoms with Crippen LogP contribution in [0.25, 0.3) is 5.69 Å². The summed E-state index contributed by atoms with van der Waals surface area (Å²) in [5, 5.41) is 10.7. The third-order valence-electron chi connectivity index (χ3n) is 2.90. The van der Waals surface area contributed by atoms with Gasteiger partial charge in [0.1, 0.15) is 5.69 Å². The molecule has 0 aliphatic heterocycles. The fourth-order valence-electron chi connectivity index (χ4n) is 1.94. The topological polar surface area (TPSA) is 74.4 Å². The molecule has 0 fully saturated rings. The number of alkyl halides is 3. The van der Waals surface area contributed by atoms with Crippen LogP contribution in [0.2, 0.25) is 0 Å². The molecule has 0 aliphatic carbocycles. The number of hydrogen-bond donors (Lipinski definition) is 0. The minimum atomic E-state index is -4.82. The van der Waals surface area contributed by atoms with Gasteiger partial charge in [0.25, 0.3) is 5.69 Å². The average Bonchev–Trinajstić information content (AvgIpc) is 2.94. The van der Waals surface area contributed by atoms with Gasteiger partial charge in [-0.25, -0.2) is 4.79 Å². The average molecular weight is 314 g/mol. The Morgan fingerprint density at radius 3 is 2.55 bits per heavy atom. The van der Waals surface area contributed by atoms with Gasteiger partial charge in [-0.2, -0.15) is 13.2 Å². The van der Waals surface area contributed by atoms with Crippen molar-refractivity contribution in [3.05, 3.63) is 57.9 Å². The lowest BCUT2D eigenvalue weighted by Crippen LogP contribution is -2.15. The monoisotopic (exact) mass is 314 g/mol. The molecule has 6 nitrogen and oxygen atoms in total. The largest absolute Gasteiger partial charge is 0.464 e. The smallest absolute Gasteiger partial charge is 0.418 e. The summed E-state index contributed by atoms with van der Waals surface area (Å²) < 4.78 is 44.9. The third kappa shape index (κ3) is 2.78. The summed E-state index contributed by atoms with van der Waals surface area (Å²) >= 11 is 0. The molecule has 116 valence electrons. The van der Waals surface area contributed by atoms with Crippen molar-refractivity contribution in [1.29, 1.82) is 0 Å². The van der Waals surface area contributed by atoms with Crippen molar-refractivity contribution < 1.29 is 27.6 Å². The summed E-state index contributed by atoms with van der Waals surface area (Å²) in [6.45, 7) is 0. The Bertz CT molecular complexity index is 737. The second-order valence-corrected chi connectivity index (χ2v) is 4.21. The molecular formula is C13H9F3N2O4. The Morgan fingerprint density at radius 1 is 1.32 bits per heavy atom. The van der Waals surface area contributed by atoms with Gasteiger partial charge in [-0.05, 0) is 18.2 Å². The van der Waals surface area contributed by atoms with E-state index in [2.05, 4.69) is 4.74 Å². The van der Waals surface area contributed by atoms with Crippen LogP contribution in [-0.4, -0.2) is 22.6 Å². The fraction of sp³-hybridized carbons (Fsp3) is 0.154. The maximum Gasteiger partial charge on any atom is 0.418 e. The molecule has 0 bridgehead atoms. The summed E-state index contributed by atoms with van der Waals surface area (Å²) in [5.41, 5.74) is -2.43. The van der Waals surface area contributed by atoms with Crippen molar-refractivity contribution in [2.75, 3.05) is 7.11 Å². The molecule has 0 saturated heterocycles. The predicted octanol–water partition coefficient (Wildman–Crippen LogP) is 3.19. The van der Waals surface area contributed by atoms with Crippen LogP contribution in [0.4, 0.5) is 18.9 Å². The number of nitro benzene ring substituents is 1. The second-order valence-electron chi connectivity index (χ2n) is 4.21. The van der Waals surface area contributed by atoms with Gasteiger partial charge in [0.2, 0.25) is 0 Å². The van der Waals surface area contributed by atoms with Gasteiger partial charge in [0.05, 0.1) is 23.3 Å². The number of aromatic nitrogens is 1. The SMILES string of the molecule is COC(=O)c1cccn1-c1ccc([N+](=O)[O-])cc1C(F)(F)F. The third-order valence-corrected chi connectivity index (χ3v) is 2.90. The minimum absolute atomic E-state index is 0.123. The Kier molecular flexibility index (Phi) is 3.89. The molecule has 2 rings (SSSR count). The van der Waals surface area contributed by atoms with Gasteiger partial charge in [0, 0.05) is 18.3 Å². The number of rotatable bonds is 3. The maximum absolute atomic E-state index is 13.1. The Balaban J connectivity index is 2.68. The van der Waals surface area contributed by atoms with Gasteiger partial charge < -0.3 is 9.30 Å². The zero-order valence-corrected chi connectivity index (χ0v) is 11.1. The van der Waals surface area contributed by atoms with Crippen molar-refractivity contribution in [3.8, 4) is 5.69 Å². The second kappa shape index (κ2) is 5.51. The first-order chi connectivity index (χ1) is 10.3. The number of hydrogen-bond acceptors (Lipinski definition) is 4. The van der Waals surface area contributed by atoms with E-state index < -0.39 is 34.0 Å². The lowest BCUT2D eigenvalue weighted by atomic mass is 10.1. The lowest BCUT2D eigenvalue weighted by molar-refractivity contribution is -0.385. The van der Waals surface area contributed by atoms with Crippen molar-refractivity contribution in [1.82, 2.24) is 4.57 Å². The molecule has 0 N–H and O–H groups in total. The zero-order valence-electron chi connectivity index (χ0n) is 11.1. The summed E-state index contributed by atoms with van der Waals surface area (Å²) in [4.78, 5) is 21.3. The highest BCUT2D eigenvalue weighted by Gasteiger charge is 2.36. The zero-order chi connectivity index (χ0) is 16.5. The molecule has 2 aromatic rings. The Morgan fingerprint density at radius 2 is 2.00 bits per heavy atom. The predicted molar refractivity (Wildman–Crippen MR) is 68.8 cm³/mol. The lowest BCUT2D eigenvalue weighted by Gasteiger charge is -2.15. The van der Waals surface area contributed by atoms with Crippen molar-refractivity contribution in [2.24, 2.45) is 0 Å². The van der Waals surface area contributed by atoms with E-state index in [-0.39, 0.29) is 5.69 Å². The van der Waals surface area contributed by atoms with E-state index >= 15 is 0 Å². The molecule has 0 radical (unpaired) electrons. The molecular weight excluding hydrogens is 305 g/mol. The number of nitrogens with zero attached hydrogens (tertiary/aromatic N) is 2. The Labute approximate surface area is 121 Å². The summed E-state index contributed by atoms with van der Waals surface area (Å²) in [6, 6.07) is 4.96. The maximum atomic E-state index is 13.1. The molecule has 9 heteroatoms. The van der Waals surface area contributed by atoms with Crippen molar-refractivity contribution in [3.63, 3.8) is 0 Å². The number of carbonyl (C=O) groups is 1. The van der Waals surface area contributed by atoms with Crippen LogP contribution in [0.15, 0.2) is 36.5 Å². The normalized spacial score (nSPS) is 11.3. The van der Waals surface area contributed by atoms with Gasteiger partial charge in [-0.3, -0.25) is 10.1 Å². The molecule has 0 amide bonds. The first-order valence-corrected chi connectivity index (χ1v) is 5.87. The van der Waals surface area contributed by atoms with Crippen LogP contribution in [-0.2, 0) is 10.9 Å². The van der Waals surface area contributed by atoms with E-state index in [9.17, 15) is 28.1 Å². The van der Waals surface area contributed by atoms with Crippen LogP contribution in [0, 0.1) is 10.1 Å². The quantitative estimate of drug-likeness (QED) is 0.495. The van der Waals surface area contributed by atoms with Gasteiger partial charge in [-0.15, -0.1) is 0 Å². The number of nitro groups is 1. The van der Waals surface area contributed by atoms with Crippen LogP contribution < -0.4 is 0 Å². The number of esters is 1. The molecule has 0 spiro atoms. The van der Waals surface area contributed by atoms with Crippen molar-refractivity contribution >= 4 is 11.7 Å². The number of ether oxygens (including phenoxy) is 1. The molecule has 0 aliphatic rings. The van der Waals surface area contributed by atoms with E-state index in [1.807, 2.05) is 0 Å². The number of benzene rings is 1. The number of carbonyl (C=O) groups excluding carboxylic acids is 1. The van der Waals surface area contributed by atoms with Crippen LogP contribution in [0.1, 0.15) is 16.1 Å². The molecule has 1 aromatic carbocycles. The van der Waals surface area contributed by atoms with E-state index in [4.69, 9.17) is 0 Å². The van der Waals surface area contributed by atoms with Crippen LogP contribution in [0.5, 0.6) is 0 Å². The molecule has 1 heterocycles. The fourth-order valence-corrected chi connectivity index (χ4v) is 1.94. The van der Waals surface area contributed by atoms with Crippen LogP contribution in [0.3, 0.4) is 0 Å². The first kappa shape index (κ1) is 15.5. The Hall–Kier alpha value is -2.84. The number of methoxy groups -OCH3 is 1. The molecule has 0 unspecified atom stereocenters. The van der Waals surface area contributed by atoms with Gasteiger partial charge in [-0.1, -0.05) is 0 Å². The minimum Gasteiger partial charge on any atom is -0.464 e. The molecule has 0 atom stereocenters. The summed E-state index contributed by atoms with van der Waals surface area (Å²) in [5.74, 6) is -0.823. The van der Waals surface area contributed by atoms with Gasteiger partial charge >= 0.3 is 12.1 Å². The van der Waals surface area contributed by atoms with E-state index in [1.165, 1.54) is 18.3 Å². The first-order valence-electron chi connectivity index (χ1n) is 5.87. The number of halogens is 3. The highest BCUT2D eigenvalue weighted by molar-refractivity contribution is 5.88. The highest BCUT2D eigenvalue weighted by atomic mass is 19.4. The standard InChI is InChI=1S/C13H9F3N2O4/c1-22-12(19)11-3-2-6-17(11)10-5-4-8(18(20)21)7-9(10)13(14,15)16/h2-7H,1H3. The van der Waals surface area contributed by atoms with Gasteiger partial charge in [0.15, 0.2) is 0 Å². The van der Waals surface area contributed by atoms with Crippen molar-refractivity contribution in [2.45, 2.75) is 6.18 Å². The molecule has 0 saturated carbocycles. The highest BCUT2D eigenvalue weighted by Crippen LogP contribution is 2.36. The van der Waals surface area contributed by atoms with E-state index in [0.29, 0.717) is 6.07 Å². The van der Waals surface area contributed by atoms with E-state index in [1.54, 1.807) is 0 Å². The summed E-state index contributed by atoms with van der Waals surface area (Å²) in [6.07, 6.45) is -3.58. The van der Waals surface area contributed by atoms with Crippen LogP contribution >= 0.6 is 0 Å².